The van der Waals surface area contributed by atoms with Crippen LogP contribution in [0.2, 0.25) is 0 Å². The van der Waals surface area contributed by atoms with Crippen molar-refractivity contribution >= 4 is 29.9 Å². The van der Waals surface area contributed by atoms with Crippen LogP contribution in [-0.2, 0) is 11.4 Å². The van der Waals surface area contributed by atoms with E-state index in [9.17, 15) is 23.5 Å². The zero-order valence-electron chi connectivity index (χ0n) is 17.6. The SMILES string of the molecule is CCCC[C@H](NC(=O)c1c(C)nc2c(OCc3c(F)cccc3F)cccn12)C(=O)O.Cl. The number of unbranched alkanes of at least 4 members (excludes halogenated alkanes) is 1. The van der Waals surface area contributed by atoms with Gasteiger partial charge in [-0.3, -0.25) is 9.20 Å². The molecule has 0 fully saturated rings. The number of benzene rings is 1. The molecule has 0 unspecified atom stereocenters. The van der Waals surface area contributed by atoms with E-state index in [1.54, 1.807) is 25.3 Å². The fourth-order valence-corrected chi connectivity index (χ4v) is 3.25. The van der Waals surface area contributed by atoms with Crippen LogP contribution in [0.5, 0.6) is 5.75 Å². The Labute approximate surface area is 189 Å². The van der Waals surface area contributed by atoms with Gasteiger partial charge in [-0.25, -0.2) is 18.6 Å². The Morgan fingerprint density at radius 1 is 1.22 bits per heavy atom. The first kappa shape index (κ1) is 25.1. The molecule has 7 nitrogen and oxygen atoms in total. The summed E-state index contributed by atoms with van der Waals surface area (Å²) in [4.78, 5) is 28.6. The fraction of sp³-hybridized carbons (Fsp3) is 0.318. The Bertz CT molecular complexity index is 1100. The van der Waals surface area contributed by atoms with Crippen molar-refractivity contribution in [3.05, 3.63) is 65.1 Å². The topological polar surface area (TPSA) is 92.9 Å². The minimum absolute atomic E-state index is 0. The van der Waals surface area contributed by atoms with E-state index < -0.39 is 29.6 Å². The van der Waals surface area contributed by atoms with Gasteiger partial charge in [-0.15, -0.1) is 12.4 Å². The summed E-state index contributed by atoms with van der Waals surface area (Å²) in [5, 5.41) is 11.9. The molecule has 1 amide bonds. The van der Waals surface area contributed by atoms with Crippen molar-refractivity contribution in [2.24, 2.45) is 0 Å². The molecule has 0 saturated carbocycles. The highest BCUT2D eigenvalue weighted by atomic mass is 35.5. The predicted octanol–water partition coefficient (Wildman–Crippen LogP) is 4.29. The van der Waals surface area contributed by atoms with Gasteiger partial charge in [-0.05, 0) is 37.6 Å². The molecule has 0 radical (unpaired) electrons. The highest BCUT2D eigenvalue weighted by molar-refractivity contribution is 5.97. The molecule has 3 aromatic rings. The van der Waals surface area contributed by atoms with Crippen molar-refractivity contribution in [1.82, 2.24) is 14.7 Å². The van der Waals surface area contributed by atoms with Crippen molar-refractivity contribution in [2.45, 2.75) is 45.8 Å². The predicted molar refractivity (Wildman–Crippen MR) is 116 cm³/mol. The molecule has 0 spiro atoms. The summed E-state index contributed by atoms with van der Waals surface area (Å²) in [6.45, 7) is 3.19. The number of aryl methyl sites for hydroxylation is 1. The van der Waals surface area contributed by atoms with E-state index in [4.69, 9.17) is 4.74 Å². The normalized spacial score (nSPS) is 11.6. The lowest BCUT2D eigenvalue weighted by molar-refractivity contribution is -0.139. The summed E-state index contributed by atoms with van der Waals surface area (Å²) in [6.07, 6.45) is 3.37. The number of hydrogen-bond donors (Lipinski definition) is 2. The first-order chi connectivity index (χ1) is 14.8. The van der Waals surface area contributed by atoms with Gasteiger partial charge in [0, 0.05) is 6.20 Å². The third kappa shape index (κ3) is 5.34. The van der Waals surface area contributed by atoms with E-state index in [1.807, 2.05) is 6.92 Å². The van der Waals surface area contributed by atoms with Crippen molar-refractivity contribution in [1.29, 1.82) is 0 Å². The lowest BCUT2D eigenvalue weighted by atomic mass is 10.1. The maximum absolute atomic E-state index is 13.9. The summed E-state index contributed by atoms with van der Waals surface area (Å²) in [7, 11) is 0. The van der Waals surface area contributed by atoms with Crippen LogP contribution in [0.4, 0.5) is 8.78 Å². The molecule has 0 bridgehead atoms. The van der Waals surface area contributed by atoms with Gasteiger partial charge in [0.05, 0.1) is 11.3 Å². The van der Waals surface area contributed by atoms with Gasteiger partial charge in [0.1, 0.15) is 30.0 Å². The third-order valence-corrected chi connectivity index (χ3v) is 4.89. The molecule has 0 aliphatic heterocycles. The number of aromatic nitrogens is 2. The molecule has 0 aliphatic rings. The maximum Gasteiger partial charge on any atom is 0.326 e. The fourth-order valence-electron chi connectivity index (χ4n) is 3.25. The number of carbonyl (C=O) groups is 2. The average Bonchev–Trinajstić information content (AvgIpc) is 3.07. The molecular weight excluding hydrogens is 444 g/mol. The van der Waals surface area contributed by atoms with Crippen molar-refractivity contribution in [3.63, 3.8) is 0 Å². The van der Waals surface area contributed by atoms with Gasteiger partial charge in [0.25, 0.3) is 5.91 Å². The first-order valence-corrected chi connectivity index (χ1v) is 9.90. The second-order valence-corrected chi connectivity index (χ2v) is 7.11. The minimum atomic E-state index is -1.11. The van der Waals surface area contributed by atoms with E-state index in [-0.39, 0.29) is 41.7 Å². The Kier molecular flexibility index (Phi) is 8.54. The van der Waals surface area contributed by atoms with E-state index in [0.717, 1.165) is 18.6 Å². The number of fused-ring (bicyclic) bond motifs is 1. The highest BCUT2D eigenvalue weighted by Gasteiger charge is 2.24. The second-order valence-electron chi connectivity index (χ2n) is 7.11. The number of rotatable bonds is 9. The minimum Gasteiger partial charge on any atom is -0.485 e. The standard InChI is InChI=1S/C22H23F2N3O4.ClH/c1-3-4-9-17(22(29)30)26-21(28)19-13(2)25-20-18(10-6-11-27(19)20)31-12-14-15(23)7-5-8-16(14)24;/h5-8,10-11,17H,3-4,9,12H2,1-2H3,(H,26,28)(H,29,30);1H/t17-;/m0./s1. The zero-order valence-corrected chi connectivity index (χ0v) is 18.4. The molecule has 2 heterocycles. The second kappa shape index (κ2) is 10.9. The van der Waals surface area contributed by atoms with Crippen LogP contribution in [0.15, 0.2) is 36.5 Å². The molecule has 1 aromatic carbocycles. The van der Waals surface area contributed by atoms with Gasteiger partial charge in [-0.2, -0.15) is 0 Å². The summed E-state index contributed by atoms with van der Waals surface area (Å²) in [6, 6.07) is 5.71. The molecule has 32 heavy (non-hydrogen) atoms. The number of hydrogen-bond acceptors (Lipinski definition) is 4. The van der Waals surface area contributed by atoms with E-state index in [2.05, 4.69) is 10.3 Å². The quantitative estimate of drug-likeness (QED) is 0.489. The zero-order chi connectivity index (χ0) is 22.5. The summed E-state index contributed by atoms with van der Waals surface area (Å²) in [5.74, 6) is -2.90. The number of nitrogens with zero attached hydrogens (tertiary/aromatic N) is 2. The number of ether oxygens (including phenoxy) is 1. The lowest BCUT2D eigenvalue weighted by Crippen LogP contribution is -2.41. The number of amides is 1. The van der Waals surface area contributed by atoms with Crippen molar-refractivity contribution < 1.29 is 28.2 Å². The summed E-state index contributed by atoms with van der Waals surface area (Å²) < 4.78 is 34.8. The van der Waals surface area contributed by atoms with Crippen LogP contribution in [0.1, 0.15) is 47.9 Å². The number of pyridine rings is 1. The van der Waals surface area contributed by atoms with Gasteiger partial charge >= 0.3 is 5.97 Å². The number of nitrogens with one attached hydrogen (secondary N) is 1. The van der Waals surface area contributed by atoms with E-state index in [1.165, 1.54) is 10.5 Å². The van der Waals surface area contributed by atoms with Gasteiger partial charge in [0.15, 0.2) is 11.4 Å². The number of carboxylic acids is 1. The number of aliphatic carboxylic acids is 1. The molecule has 2 N–H and O–H groups in total. The largest absolute Gasteiger partial charge is 0.485 e. The third-order valence-electron chi connectivity index (χ3n) is 4.89. The van der Waals surface area contributed by atoms with Crippen LogP contribution in [0, 0.1) is 18.6 Å². The molecule has 0 aliphatic carbocycles. The molecular formula is C22H24ClF2N3O4. The molecule has 3 rings (SSSR count). The van der Waals surface area contributed by atoms with Crippen molar-refractivity contribution in [3.8, 4) is 5.75 Å². The Morgan fingerprint density at radius 3 is 2.53 bits per heavy atom. The van der Waals surface area contributed by atoms with Crippen LogP contribution in [0.3, 0.4) is 0 Å². The molecule has 1 atom stereocenters. The number of carbonyl (C=O) groups excluding carboxylic acids is 1. The first-order valence-electron chi connectivity index (χ1n) is 9.90. The summed E-state index contributed by atoms with van der Waals surface area (Å²) >= 11 is 0. The maximum atomic E-state index is 13.9. The van der Waals surface area contributed by atoms with Gasteiger partial charge < -0.3 is 15.2 Å². The Balaban J connectivity index is 0.00000363. The molecule has 0 saturated heterocycles. The van der Waals surface area contributed by atoms with Crippen LogP contribution in [-0.4, -0.2) is 32.4 Å². The van der Waals surface area contributed by atoms with E-state index in [0.29, 0.717) is 18.5 Å². The highest BCUT2D eigenvalue weighted by Crippen LogP contribution is 2.24. The smallest absolute Gasteiger partial charge is 0.326 e. The van der Waals surface area contributed by atoms with Crippen LogP contribution >= 0.6 is 12.4 Å². The number of halogens is 3. The monoisotopic (exact) mass is 467 g/mol. The van der Waals surface area contributed by atoms with Crippen molar-refractivity contribution in [2.75, 3.05) is 0 Å². The van der Waals surface area contributed by atoms with Gasteiger partial charge in [-0.1, -0.05) is 25.8 Å². The molecule has 2 aromatic heterocycles. The van der Waals surface area contributed by atoms with Crippen LogP contribution in [0.25, 0.3) is 5.65 Å². The Morgan fingerprint density at radius 2 is 1.91 bits per heavy atom. The molecule has 172 valence electrons. The van der Waals surface area contributed by atoms with Crippen LogP contribution < -0.4 is 10.1 Å². The lowest BCUT2D eigenvalue weighted by Gasteiger charge is -2.14. The molecule has 10 heteroatoms. The summed E-state index contributed by atoms with van der Waals surface area (Å²) in [5.41, 5.74) is 0.596. The van der Waals surface area contributed by atoms with E-state index >= 15 is 0 Å². The average molecular weight is 468 g/mol. The Hall–Kier alpha value is -3.20. The number of imidazole rings is 1. The number of carboxylic acid groups (broad SMARTS) is 1. The van der Waals surface area contributed by atoms with Gasteiger partial charge in [0.2, 0.25) is 0 Å².